The van der Waals surface area contributed by atoms with Crippen LogP contribution in [0, 0.1) is 19.8 Å². The fourth-order valence-electron chi connectivity index (χ4n) is 1.59. The molecular formula is C14H18O3. The van der Waals surface area contributed by atoms with Gasteiger partial charge in [0.2, 0.25) is 0 Å². The third-order valence-electron chi connectivity index (χ3n) is 3.05. The van der Waals surface area contributed by atoms with Crippen LogP contribution < -0.4 is 4.74 Å². The van der Waals surface area contributed by atoms with E-state index in [1.54, 1.807) is 14.0 Å². The Balaban J connectivity index is 3.25. The Hall–Kier alpha value is -1.77. The van der Waals surface area contributed by atoms with E-state index < -0.39 is 11.9 Å². The van der Waals surface area contributed by atoms with Crippen LogP contribution in [0.3, 0.4) is 0 Å². The number of carboxylic acids is 1. The molecule has 0 bridgehead atoms. The molecule has 0 heterocycles. The molecule has 3 heteroatoms. The number of aliphatic carboxylic acids is 1. The highest BCUT2D eigenvalue weighted by atomic mass is 16.5. The van der Waals surface area contributed by atoms with E-state index in [2.05, 4.69) is 6.58 Å². The molecule has 1 aromatic carbocycles. The molecule has 0 radical (unpaired) electrons. The van der Waals surface area contributed by atoms with Crippen molar-refractivity contribution in [2.24, 2.45) is 5.92 Å². The Kier molecular flexibility index (Phi) is 3.94. The van der Waals surface area contributed by atoms with E-state index in [9.17, 15) is 4.79 Å². The summed E-state index contributed by atoms with van der Waals surface area (Å²) in [6, 6.07) is 3.83. The number of methoxy groups -OCH3 is 1. The van der Waals surface area contributed by atoms with E-state index >= 15 is 0 Å². The van der Waals surface area contributed by atoms with Crippen molar-refractivity contribution in [2.75, 3.05) is 7.11 Å². The summed E-state index contributed by atoms with van der Waals surface area (Å²) in [5.41, 5.74) is 3.55. The highest BCUT2D eigenvalue weighted by molar-refractivity contribution is 5.87. The van der Waals surface area contributed by atoms with Gasteiger partial charge in [-0.1, -0.05) is 6.58 Å². The smallest absolute Gasteiger partial charge is 0.310 e. The molecule has 0 spiro atoms. The lowest BCUT2D eigenvalue weighted by Gasteiger charge is -2.16. The van der Waals surface area contributed by atoms with E-state index in [4.69, 9.17) is 9.84 Å². The molecular weight excluding hydrogens is 216 g/mol. The predicted octanol–water partition coefficient (Wildman–Crippen LogP) is 3.05. The number of rotatable bonds is 4. The molecule has 1 atom stereocenters. The quantitative estimate of drug-likeness (QED) is 0.871. The van der Waals surface area contributed by atoms with Gasteiger partial charge in [-0.15, -0.1) is 0 Å². The third kappa shape index (κ3) is 2.67. The summed E-state index contributed by atoms with van der Waals surface area (Å²) in [7, 11) is 1.58. The van der Waals surface area contributed by atoms with E-state index in [0.717, 1.165) is 16.7 Å². The highest BCUT2D eigenvalue weighted by Gasteiger charge is 2.19. The number of ether oxygens (including phenoxy) is 1. The average molecular weight is 234 g/mol. The fraction of sp³-hybridized carbons (Fsp3) is 0.357. The van der Waals surface area contributed by atoms with Gasteiger partial charge in [0.1, 0.15) is 5.75 Å². The Morgan fingerprint density at radius 3 is 2.35 bits per heavy atom. The van der Waals surface area contributed by atoms with Crippen molar-refractivity contribution in [1.29, 1.82) is 0 Å². The summed E-state index contributed by atoms with van der Waals surface area (Å²) in [5, 5.41) is 9.00. The zero-order valence-electron chi connectivity index (χ0n) is 10.7. The zero-order chi connectivity index (χ0) is 13.2. The fourth-order valence-corrected chi connectivity index (χ4v) is 1.59. The topological polar surface area (TPSA) is 46.5 Å². The largest absolute Gasteiger partial charge is 0.496 e. The monoisotopic (exact) mass is 234 g/mol. The van der Waals surface area contributed by atoms with Gasteiger partial charge in [0.15, 0.2) is 0 Å². The molecule has 1 N–H and O–H groups in total. The van der Waals surface area contributed by atoms with Crippen LogP contribution in [0.2, 0.25) is 0 Å². The van der Waals surface area contributed by atoms with Crippen LogP contribution in [0.5, 0.6) is 5.75 Å². The van der Waals surface area contributed by atoms with E-state index in [0.29, 0.717) is 11.3 Å². The summed E-state index contributed by atoms with van der Waals surface area (Å²) < 4.78 is 5.28. The second-order valence-electron chi connectivity index (χ2n) is 4.22. The van der Waals surface area contributed by atoms with Crippen molar-refractivity contribution in [1.82, 2.24) is 0 Å². The lowest BCUT2D eigenvalue weighted by Crippen LogP contribution is -2.11. The van der Waals surface area contributed by atoms with Crippen molar-refractivity contribution in [3.8, 4) is 5.75 Å². The summed E-state index contributed by atoms with van der Waals surface area (Å²) in [6.07, 6.45) is 0. The maximum atomic E-state index is 11.0. The molecule has 0 aliphatic heterocycles. The van der Waals surface area contributed by atoms with Crippen molar-refractivity contribution >= 4 is 11.5 Å². The van der Waals surface area contributed by atoms with Gasteiger partial charge in [0, 0.05) is 5.56 Å². The third-order valence-corrected chi connectivity index (χ3v) is 3.05. The van der Waals surface area contributed by atoms with Crippen molar-refractivity contribution in [3.63, 3.8) is 0 Å². The number of hydrogen-bond acceptors (Lipinski definition) is 2. The molecule has 0 saturated heterocycles. The Bertz CT molecular complexity index is 461. The van der Waals surface area contributed by atoms with Gasteiger partial charge in [0.25, 0.3) is 0 Å². The molecule has 3 nitrogen and oxygen atoms in total. The molecule has 92 valence electrons. The van der Waals surface area contributed by atoms with Gasteiger partial charge >= 0.3 is 5.97 Å². The van der Waals surface area contributed by atoms with Crippen molar-refractivity contribution in [3.05, 3.63) is 35.4 Å². The van der Waals surface area contributed by atoms with Crippen LogP contribution >= 0.6 is 0 Å². The average Bonchev–Trinajstić information content (AvgIpc) is 2.29. The molecule has 0 aliphatic rings. The highest BCUT2D eigenvalue weighted by Crippen LogP contribution is 2.32. The normalized spacial score (nSPS) is 12.0. The van der Waals surface area contributed by atoms with Crippen LogP contribution in [-0.4, -0.2) is 18.2 Å². The van der Waals surface area contributed by atoms with Gasteiger partial charge in [0.05, 0.1) is 13.0 Å². The van der Waals surface area contributed by atoms with E-state index in [1.807, 2.05) is 26.0 Å². The second kappa shape index (κ2) is 5.04. The first-order chi connectivity index (χ1) is 7.88. The minimum absolute atomic E-state index is 0.567. The lowest BCUT2D eigenvalue weighted by molar-refractivity contribution is -0.139. The van der Waals surface area contributed by atoms with Gasteiger partial charge < -0.3 is 9.84 Å². The van der Waals surface area contributed by atoms with Crippen LogP contribution in [0.15, 0.2) is 18.7 Å². The summed E-state index contributed by atoms with van der Waals surface area (Å²) >= 11 is 0. The van der Waals surface area contributed by atoms with Crippen LogP contribution in [-0.2, 0) is 4.79 Å². The van der Waals surface area contributed by atoms with E-state index in [1.165, 1.54) is 0 Å². The van der Waals surface area contributed by atoms with Crippen molar-refractivity contribution in [2.45, 2.75) is 20.8 Å². The number of carboxylic acid groups (broad SMARTS) is 1. The van der Waals surface area contributed by atoms with Crippen LogP contribution in [0.25, 0.3) is 5.57 Å². The summed E-state index contributed by atoms with van der Waals surface area (Å²) in [5.74, 6) is -0.826. The molecule has 0 saturated carbocycles. The molecule has 0 aromatic heterocycles. The lowest BCUT2D eigenvalue weighted by atomic mass is 9.92. The number of hydrogen-bond donors (Lipinski definition) is 1. The first-order valence-corrected chi connectivity index (χ1v) is 5.45. The molecule has 0 amide bonds. The number of benzene rings is 1. The Labute approximate surface area is 102 Å². The Morgan fingerprint density at radius 2 is 1.88 bits per heavy atom. The van der Waals surface area contributed by atoms with Gasteiger partial charge in [-0.25, -0.2) is 0 Å². The first-order valence-electron chi connectivity index (χ1n) is 5.45. The molecule has 1 unspecified atom stereocenters. The SMILES string of the molecule is C=C(c1cc(C)c(C)cc1OC)C(C)C(=O)O. The van der Waals surface area contributed by atoms with Gasteiger partial charge in [-0.3, -0.25) is 4.79 Å². The molecule has 1 rings (SSSR count). The standard InChI is InChI=1S/C14H18O3/c1-8-6-12(10(3)11(4)14(15)16)13(17-5)7-9(8)2/h6-7,11H,3H2,1-2,4-5H3,(H,15,16). The van der Waals surface area contributed by atoms with Gasteiger partial charge in [-0.2, -0.15) is 0 Å². The Morgan fingerprint density at radius 1 is 1.35 bits per heavy atom. The molecule has 0 aliphatic carbocycles. The van der Waals surface area contributed by atoms with Crippen molar-refractivity contribution < 1.29 is 14.6 Å². The molecule has 0 fully saturated rings. The zero-order valence-corrected chi connectivity index (χ0v) is 10.7. The number of carbonyl (C=O) groups is 1. The summed E-state index contributed by atoms with van der Waals surface area (Å²) in [6.45, 7) is 9.46. The van der Waals surface area contributed by atoms with Crippen LogP contribution in [0.1, 0.15) is 23.6 Å². The van der Waals surface area contributed by atoms with E-state index in [-0.39, 0.29) is 0 Å². The minimum atomic E-state index is -0.879. The van der Waals surface area contributed by atoms with Gasteiger partial charge in [-0.05, 0) is 49.6 Å². The molecule has 1 aromatic rings. The minimum Gasteiger partial charge on any atom is -0.496 e. The van der Waals surface area contributed by atoms with Crippen LogP contribution in [0.4, 0.5) is 0 Å². The summed E-state index contributed by atoms with van der Waals surface area (Å²) in [4.78, 5) is 11.0. The maximum Gasteiger partial charge on any atom is 0.310 e. The maximum absolute atomic E-state index is 11.0. The second-order valence-corrected chi connectivity index (χ2v) is 4.22. The number of aryl methyl sites for hydroxylation is 2. The predicted molar refractivity (Wildman–Crippen MR) is 68.3 cm³/mol. The first kappa shape index (κ1) is 13.3. The molecule has 17 heavy (non-hydrogen) atoms.